The number of rotatable bonds is 8. The van der Waals surface area contributed by atoms with Crippen molar-refractivity contribution >= 4 is 28.9 Å². The Hall–Kier alpha value is -0.840. The third-order valence-corrected chi connectivity index (χ3v) is 3.00. The molecule has 0 unspecified atom stereocenters. The van der Waals surface area contributed by atoms with E-state index in [9.17, 15) is 10.1 Å². The van der Waals surface area contributed by atoms with Crippen molar-refractivity contribution in [3.63, 3.8) is 0 Å². The molecule has 0 aromatic heterocycles. The van der Waals surface area contributed by atoms with Crippen LogP contribution in [0, 0.1) is 10.1 Å². The predicted octanol–water partition coefficient (Wildman–Crippen LogP) is 2.92. The van der Waals surface area contributed by atoms with Crippen LogP contribution in [0.3, 0.4) is 0 Å². The summed E-state index contributed by atoms with van der Waals surface area (Å²) < 4.78 is 0. The summed E-state index contributed by atoms with van der Waals surface area (Å²) in [7, 11) is 0. The molecule has 100 valence electrons. The monoisotopic (exact) mass is 290 g/mol. The summed E-state index contributed by atoms with van der Waals surface area (Å²) >= 11 is 11.4. The molecule has 0 N–H and O–H groups in total. The van der Waals surface area contributed by atoms with Gasteiger partial charge in [0, 0.05) is 43.5 Å². The molecular weight excluding hydrogens is 275 g/mol. The quantitative estimate of drug-likeness (QED) is 0.420. The Morgan fingerprint density at radius 2 is 1.61 bits per heavy atom. The fourth-order valence-corrected chi connectivity index (χ4v) is 2.12. The van der Waals surface area contributed by atoms with Gasteiger partial charge in [-0.1, -0.05) is 12.1 Å². The molecule has 4 nitrogen and oxygen atoms in total. The zero-order valence-electron chi connectivity index (χ0n) is 10.0. The molecule has 0 aliphatic rings. The summed E-state index contributed by atoms with van der Waals surface area (Å²) in [6.45, 7) is 2.47. The maximum absolute atomic E-state index is 10.5. The highest BCUT2D eigenvalue weighted by Crippen LogP contribution is 2.12. The second-order valence-corrected chi connectivity index (χ2v) is 4.65. The minimum absolute atomic E-state index is 0.122. The van der Waals surface area contributed by atoms with Gasteiger partial charge in [-0.2, -0.15) is 0 Å². The molecule has 0 aliphatic carbocycles. The number of nitro groups is 1. The molecule has 0 bridgehead atoms. The zero-order valence-corrected chi connectivity index (χ0v) is 11.5. The maximum atomic E-state index is 10.5. The maximum Gasteiger partial charge on any atom is 0.269 e. The van der Waals surface area contributed by atoms with E-state index in [2.05, 4.69) is 4.90 Å². The van der Waals surface area contributed by atoms with Crippen LogP contribution >= 0.6 is 23.2 Å². The first kappa shape index (κ1) is 15.2. The Kier molecular flexibility index (Phi) is 7.01. The second kappa shape index (κ2) is 8.29. The van der Waals surface area contributed by atoms with Crippen molar-refractivity contribution in [2.24, 2.45) is 0 Å². The Bertz CT molecular complexity index is 365. The number of alkyl halides is 2. The van der Waals surface area contributed by atoms with Crippen LogP contribution in [0.1, 0.15) is 5.56 Å². The van der Waals surface area contributed by atoms with Crippen molar-refractivity contribution in [2.75, 3.05) is 31.4 Å². The Morgan fingerprint density at radius 1 is 1.06 bits per heavy atom. The Balaban J connectivity index is 2.48. The molecular formula is C12H16Cl2N2O2. The van der Waals surface area contributed by atoms with Gasteiger partial charge in [0.1, 0.15) is 0 Å². The molecule has 0 fully saturated rings. The summed E-state index contributed by atoms with van der Waals surface area (Å²) in [5.74, 6) is 1.16. The standard InChI is InChI=1S/C12H16Cl2N2O2/c13-6-9-15(10-7-14)8-5-11-1-3-12(4-2-11)16(17)18/h1-4H,5-10H2. The molecule has 0 radical (unpaired) electrons. The van der Waals surface area contributed by atoms with Crippen molar-refractivity contribution < 1.29 is 4.92 Å². The predicted molar refractivity (Wildman–Crippen MR) is 74.7 cm³/mol. The van der Waals surface area contributed by atoms with Gasteiger partial charge in [0.05, 0.1) is 4.92 Å². The fourth-order valence-electron chi connectivity index (χ4n) is 1.65. The molecule has 0 spiro atoms. The molecule has 1 rings (SSSR count). The number of non-ortho nitro benzene ring substituents is 1. The van der Waals surface area contributed by atoms with Gasteiger partial charge in [-0.05, 0) is 12.0 Å². The number of halogens is 2. The van der Waals surface area contributed by atoms with Crippen LogP contribution in [0.5, 0.6) is 0 Å². The average molecular weight is 291 g/mol. The van der Waals surface area contributed by atoms with E-state index in [1.807, 2.05) is 0 Å². The lowest BCUT2D eigenvalue weighted by atomic mass is 10.1. The normalized spacial score (nSPS) is 10.8. The van der Waals surface area contributed by atoms with Crippen molar-refractivity contribution in [3.8, 4) is 0 Å². The first-order chi connectivity index (χ1) is 8.67. The third kappa shape index (κ3) is 5.21. The van der Waals surface area contributed by atoms with Gasteiger partial charge in [-0.3, -0.25) is 10.1 Å². The highest BCUT2D eigenvalue weighted by atomic mass is 35.5. The van der Waals surface area contributed by atoms with E-state index in [0.717, 1.165) is 31.6 Å². The lowest BCUT2D eigenvalue weighted by molar-refractivity contribution is -0.384. The zero-order chi connectivity index (χ0) is 13.4. The van der Waals surface area contributed by atoms with Crippen LogP contribution < -0.4 is 0 Å². The smallest absolute Gasteiger partial charge is 0.269 e. The molecule has 0 saturated carbocycles. The van der Waals surface area contributed by atoms with Crippen LogP contribution in [0.25, 0.3) is 0 Å². The molecule has 1 aromatic carbocycles. The molecule has 6 heteroatoms. The van der Waals surface area contributed by atoms with Crippen molar-refractivity contribution in [2.45, 2.75) is 6.42 Å². The molecule has 0 saturated heterocycles. The summed E-state index contributed by atoms with van der Waals surface area (Å²) in [5.41, 5.74) is 1.20. The van der Waals surface area contributed by atoms with Crippen LogP contribution in [0.4, 0.5) is 5.69 Å². The van der Waals surface area contributed by atoms with Crippen LogP contribution in [0.15, 0.2) is 24.3 Å². The number of benzene rings is 1. The SMILES string of the molecule is O=[N+]([O-])c1ccc(CCN(CCCl)CCCl)cc1. The second-order valence-electron chi connectivity index (χ2n) is 3.89. The van der Waals surface area contributed by atoms with E-state index in [1.165, 1.54) is 12.1 Å². The van der Waals surface area contributed by atoms with Crippen molar-refractivity contribution in [1.82, 2.24) is 4.90 Å². The summed E-state index contributed by atoms with van der Waals surface area (Å²) in [6.07, 6.45) is 0.839. The van der Waals surface area contributed by atoms with E-state index in [4.69, 9.17) is 23.2 Å². The first-order valence-electron chi connectivity index (χ1n) is 5.75. The van der Waals surface area contributed by atoms with Gasteiger partial charge in [-0.25, -0.2) is 0 Å². The van der Waals surface area contributed by atoms with E-state index in [-0.39, 0.29) is 5.69 Å². The van der Waals surface area contributed by atoms with Crippen molar-refractivity contribution in [3.05, 3.63) is 39.9 Å². The van der Waals surface area contributed by atoms with Crippen LogP contribution in [-0.4, -0.2) is 41.2 Å². The van der Waals surface area contributed by atoms with Gasteiger partial charge in [-0.15, -0.1) is 23.2 Å². The third-order valence-electron chi connectivity index (χ3n) is 2.67. The molecule has 0 atom stereocenters. The molecule has 0 heterocycles. The van der Waals surface area contributed by atoms with Crippen LogP contribution in [0.2, 0.25) is 0 Å². The van der Waals surface area contributed by atoms with E-state index in [1.54, 1.807) is 12.1 Å². The van der Waals surface area contributed by atoms with Gasteiger partial charge >= 0.3 is 0 Å². The lowest BCUT2D eigenvalue weighted by Gasteiger charge is -2.19. The fraction of sp³-hybridized carbons (Fsp3) is 0.500. The first-order valence-corrected chi connectivity index (χ1v) is 6.82. The number of nitro benzene ring substituents is 1. The van der Waals surface area contributed by atoms with Gasteiger partial charge in [0.15, 0.2) is 0 Å². The average Bonchev–Trinajstić information content (AvgIpc) is 2.37. The summed E-state index contributed by atoms with van der Waals surface area (Å²) in [4.78, 5) is 12.3. The lowest BCUT2D eigenvalue weighted by Crippen LogP contribution is -2.30. The molecule has 1 aromatic rings. The minimum atomic E-state index is -0.392. The highest BCUT2D eigenvalue weighted by molar-refractivity contribution is 6.18. The van der Waals surface area contributed by atoms with Gasteiger partial charge < -0.3 is 4.90 Å². The molecule has 0 aliphatic heterocycles. The molecule has 0 amide bonds. The van der Waals surface area contributed by atoms with Crippen molar-refractivity contribution in [1.29, 1.82) is 0 Å². The number of hydrogen-bond acceptors (Lipinski definition) is 3. The largest absolute Gasteiger partial charge is 0.301 e. The minimum Gasteiger partial charge on any atom is -0.301 e. The van der Waals surface area contributed by atoms with Gasteiger partial charge in [0.25, 0.3) is 5.69 Å². The van der Waals surface area contributed by atoms with Crippen LogP contribution in [-0.2, 0) is 6.42 Å². The number of hydrogen-bond donors (Lipinski definition) is 0. The Morgan fingerprint density at radius 3 is 2.06 bits per heavy atom. The number of nitrogens with zero attached hydrogens (tertiary/aromatic N) is 2. The highest BCUT2D eigenvalue weighted by Gasteiger charge is 2.06. The van der Waals surface area contributed by atoms with E-state index >= 15 is 0 Å². The summed E-state index contributed by atoms with van der Waals surface area (Å²) in [5, 5.41) is 10.5. The van der Waals surface area contributed by atoms with Gasteiger partial charge in [0.2, 0.25) is 0 Å². The summed E-state index contributed by atoms with van der Waals surface area (Å²) in [6, 6.07) is 6.64. The van der Waals surface area contributed by atoms with E-state index < -0.39 is 4.92 Å². The Labute approximate surface area is 117 Å². The van der Waals surface area contributed by atoms with E-state index in [0.29, 0.717) is 11.8 Å². The molecule has 18 heavy (non-hydrogen) atoms. The topological polar surface area (TPSA) is 46.4 Å².